The van der Waals surface area contributed by atoms with Gasteiger partial charge in [0.15, 0.2) is 5.69 Å². The second-order valence-electron chi connectivity index (χ2n) is 3.77. The lowest BCUT2D eigenvalue weighted by Crippen LogP contribution is -2.06. The average Bonchev–Trinajstić information content (AvgIpc) is 2.74. The van der Waals surface area contributed by atoms with Crippen LogP contribution in [0.2, 0.25) is 0 Å². The number of nitrogens with zero attached hydrogens (tertiary/aromatic N) is 1. The Morgan fingerprint density at radius 3 is 2.84 bits per heavy atom. The molecule has 0 spiro atoms. The van der Waals surface area contributed by atoms with Gasteiger partial charge in [-0.2, -0.15) is 0 Å². The number of rotatable bonds is 3. The summed E-state index contributed by atoms with van der Waals surface area (Å²) in [5.41, 5.74) is 0.189. The second kappa shape index (κ2) is 5.44. The zero-order valence-corrected chi connectivity index (χ0v) is 11.2. The lowest BCUT2D eigenvalue weighted by Gasteiger charge is -1.99. The molecule has 19 heavy (non-hydrogen) atoms. The van der Waals surface area contributed by atoms with Crippen LogP contribution in [-0.2, 0) is 4.74 Å². The Balaban J connectivity index is 2.44. The summed E-state index contributed by atoms with van der Waals surface area (Å²) in [5, 5.41) is 0.262. The zero-order chi connectivity index (χ0) is 14.0. The minimum atomic E-state index is -0.578. The summed E-state index contributed by atoms with van der Waals surface area (Å²) in [6, 6.07) is 3.12. The van der Waals surface area contributed by atoms with Crippen LogP contribution in [0.3, 0.4) is 0 Å². The van der Waals surface area contributed by atoms with Crippen LogP contribution < -0.4 is 0 Å². The van der Waals surface area contributed by atoms with Crippen LogP contribution in [0.4, 0.5) is 8.78 Å². The van der Waals surface area contributed by atoms with Crippen molar-refractivity contribution in [2.45, 2.75) is 13.8 Å². The van der Waals surface area contributed by atoms with Gasteiger partial charge in [-0.3, -0.25) is 0 Å². The van der Waals surface area contributed by atoms with Crippen LogP contribution in [0, 0.1) is 18.6 Å². The Bertz CT molecular complexity index is 625. The number of aromatic nitrogens is 1. The average molecular weight is 283 g/mol. The van der Waals surface area contributed by atoms with Crippen molar-refractivity contribution in [1.82, 2.24) is 4.98 Å². The van der Waals surface area contributed by atoms with E-state index < -0.39 is 17.6 Å². The summed E-state index contributed by atoms with van der Waals surface area (Å²) in [6.45, 7) is 3.61. The second-order valence-corrected chi connectivity index (χ2v) is 4.97. The molecule has 6 heteroatoms. The smallest absolute Gasteiger partial charge is 0.358 e. The van der Waals surface area contributed by atoms with Gasteiger partial charge in [-0.1, -0.05) is 0 Å². The third-order valence-electron chi connectivity index (χ3n) is 2.42. The lowest BCUT2D eigenvalue weighted by atomic mass is 10.2. The Hall–Kier alpha value is -1.82. The highest BCUT2D eigenvalue weighted by atomic mass is 32.1. The molecule has 0 radical (unpaired) electrons. The molecule has 100 valence electrons. The van der Waals surface area contributed by atoms with Gasteiger partial charge in [0.25, 0.3) is 0 Å². The van der Waals surface area contributed by atoms with Gasteiger partial charge >= 0.3 is 5.97 Å². The number of benzene rings is 1. The van der Waals surface area contributed by atoms with Gasteiger partial charge in [0.1, 0.15) is 16.6 Å². The standard InChI is InChI=1S/C13H11F2NO2S/c1-3-18-13(17)11-7(2)19-12(16-11)9-6-8(14)4-5-10(9)15/h4-6H,3H2,1-2H3. The third-order valence-corrected chi connectivity index (χ3v) is 3.43. The molecule has 0 aliphatic carbocycles. The fourth-order valence-corrected chi connectivity index (χ4v) is 2.48. The van der Waals surface area contributed by atoms with Gasteiger partial charge in [0.2, 0.25) is 0 Å². The summed E-state index contributed by atoms with van der Waals surface area (Å²) in [4.78, 5) is 16.3. The summed E-state index contributed by atoms with van der Waals surface area (Å²) in [5.74, 6) is -1.69. The molecule has 0 aliphatic heterocycles. The Morgan fingerprint density at radius 2 is 2.16 bits per heavy atom. The normalized spacial score (nSPS) is 10.5. The summed E-state index contributed by atoms with van der Waals surface area (Å²) in [6.07, 6.45) is 0. The number of esters is 1. The highest BCUT2D eigenvalue weighted by molar-refractivity contribution is 7.15. The quantitative estimate of drug-likeness (QED) is 0.808. The predicted octanol–water partition coefficient (Wildman–Crippen LogP) is 3.57. The molecular formula is C13H11F2NO2S. The fraction of sp³-hybridized carbons (Fsp3) is 0.231. The number of ether oxygens (including phenoxy) is 1. The van der Waals surface area contributed by atoms with Crippen LogP contribution in [0.25, 0.3) is 10.6 Å². The van der Waals surface area contributed by atoms with Crippen LogP contribution >= 0.6 is 11.3 Å². The van der Waals surface area contributed by atoms with Gasteiger partial charge < -0.3 is 4.74 Å². The van der Waals surface area contributed by atoms with Gasteiger partial charge in [-0.05, 0) is 32.0 Å². The molecule has 0 unspecified atom stereocenters. The molecule has 0 atom stereocenters. The maximum Gasteiger partial charge on any atom is 0.358 e. The van der Waals surface area contributed by atoms with E-state index in [0.29, 0.717) is 4.88 Å². The van der Waals surface area contributed by atoms with Gasteiger partial charge in [-0.25, -0.2) is 18.6 Å². The zero-order valence-electron chi connectivity index (χ0n) is 10.4. The van der Waals surface area contributed by atoms with Crippen molar-refractivity contribution in [2.24, 2.45) is 0 Å². The van der Waals surface area contributed by atoms with E-state index in [1.165, 1.54) is 0 Å². The lowest BCUT2D eigenvalue weighted by molar-refractivity contribution is 0.0519. The maximum absolute atomic E-state index is 13.6. The summed E-state index contributed by atoms with van der Waals surface area (Å²) >= 11 is 1.13. The highest BCUT2D eigenvalue weighted by Crippen LogP contribution is 2.30. The molecule has 2 aromatic rings. The van der Waals surface area contributed by atoms with Gasteiger partial charge in [0.05, 0.1) is 6.61 Å². The minimum absolute atomic E-state index is 0.0450. The number of carbonyl (C=O) groups excluding carboxylic acids is 1. The van der Waals surface area contributed by atoms with E-state index in [4.69, 9.17) is 4.74 Å². The number of aryl methyl sites for hydroxylation is 1. The van der Waals surface area contributed by atoms with Crippen LogP contribution in [0.5, 0.6) is 0 Å². The van der Waals surface area contributed by atoms with Gasteiger partial charge in [-0.15, -0.1) is 11.3 Å². The molecule has 0 N–H and O–H groups in total. The Kier molecular flexibility index (Phi) is 3.90. The molecule has 1 heterocycles. The molecule has 0 bridgehead atoms. The van der Waals surface area contributed by atoms with Crippen LogP contribution in [0.1, 0.15) is 22.3 Å². The minimum Gasteiger partial charge on any atom is -0.461 e. The number of hydrogen-bond acceptors (Lipinski definition) is 4. The van der Waals surface area contributed by atoms with E-state index in [1.807, 2.05) is 0 Å². The number of halogens is 2. The third kappa shape index (κ3) is 2.78. The van der Waals surface area contributed by atoms with E-state index >= 15 is 0 Å². The van der Waals surface area contributed by atoms with Crippen molar-refractivity contribution < 1.29 is 18.3 Å². The molecule has 1 aromatic heterocycles. The summed E-state index contributed by atoms with van der Waals surface area (Å²) in [7, 11) is 0. The largest absolute Gasteiger partial charge is 0.461 e. The molecule has 0 saturated carbocycles. The van der Waals surface area contributed by atoms with E-state index in [9.17, 15) is 13.6 Å². The Labute approximate surface area is 112 Å². The van der Waals surface area contributed by atoms with E-state index in [2.05, 4.69) is 4.98 Å². The Morgan fingerprint density at radius 1 is 1.42 bits per heavy atom. The van der Waals surface area contributed by atoms with E-state index in [1.54, 1.807) is 13.8 Å². The first-order chi connectivity index (χ1) is 9.02. The molecule has 1 aromatic carbocycles. The summed E-state index contributed by atoms with van der Waals surface area (Å²) < 4.78 is 31.6. The van der Waals surface area contributed by atoms with Crippen molar-refractivity contribution in [3.63, 3.8) is 0 Å². The number of carbonyl (C=O) groups is 1. The SMILES string of the molecule is CCOC(=O)c1nc(-c2cc(F)ccc2F)sc1C. The maximum atomic E-state index is 13.6. The molecule has 0 amide bonds. The predicted molar refractivity (Wildman–Crippen MR) is 68.2 cm³/mol. The van der Waals surface area contributed by atoms with Crippen LogP contribution in [-0.4, -0.2) is 17.6 Å². The molecule has 3 nitrogen and oxygen atoms in total. The van der Waals surface area contributed by atoms with Crippen molar-refractivity contribution in [1.29, 1.82) is 0 Å². The molecule has 0 fully saturated rings. The van der Waals surface area contributed by atoms with Crippen LogP contribution in [0.15, 0.2) is 18.2 Å². The van der Waals surface area contributed by atoms with E-state index in [-0.39, 0.29) is 22.9 Å². The molecule has 0 aliphatic rings. The van der Waals surface area contributed by atoms with Crippen molar-refractivity contribution in [3.05, 3.63) is 40.4 Å². The molecule has 0 saturated heterocycles. The van der Waals surface area contributed by atoms with Crippen molar-refractivity contribution in [3.8, 4) is 10.6 Å². The first kappa shape index (κ1) is 13.6. The van der Waals surface area contributed by atoms with E-state index in [0.717, 1.165) is 29.5 Å². The first-order valence-electron chi connectivity index (χ1n) is 5.63. The monoisotopic (exact) mass is 283 g/mol. The topological polar surface area (TPSA) is 39.2 Å². The number of hydrogen-bond donors (Lipinski definition) is 0. The first-order valence-corrected chi connectivity index (χ1v) is 6.44. The molecular weight excluding hydrogens is 272 g/mol. The number of thiazole rings is 1. The molecule has 2 rings (SSSR count). The van der Waals surface area contributed by atoms with Gasteiger partial charge in [0, 0.05) is 10.4 Å². The highest BCUT2D eigenvalue weighted by Gasteiger charge is 2.19. The van der Waals surface area contributed by atoms with Crippen molar-refractivity contribution >= 4 is 17.3 Å². The van der Waals surface area contributed by atoms with Crippen molar-refractivity contribution in [2.75, 3.05) is 6.61 Å². The fourth-order valence-electron chi connectivity index (χ4n) is 1.56.